The van der Waals surface area contributed by atoms with E-state index >= 15 is 0 Å². The smallest absolute Gasteiger partial charge is 0.277 e. The molecule has 0 aromatic heterocycles. The highest BCUT2D eigenvalue weighted by molar-refractivity contribution is 5.89. The number of carbonyl (C=O) groups excluding carboxylic acids is 1. The highest BCUT2D eigenvalue weighted by atomic mass is 16.5. The summed E-state index contributed by atoms with van der Waals surface area (Å²) in [5, 5.41) is 6.00. The Bertz CT molecular complexity index is 1010. The van der Waals surface area contributed by atoms with Crippen LogP contribution in [0.5, 0.6) is 17.2 Å². The number of amides is 1. The summed E-state index contributed by atoms with van der Waals surface area (Å²) in [7, 11) is 1.58. The summed E-state index contributed by atoms with van der Waals surface area (Å²) < 4.78 is 16.7. The van der Waals surface area contributed by atoms with Gasteiger partial charge < -0.3 is 14.2 Å². The van der Waals surface area contributed by atoms with Gasteiger partial charge in [-0.1, -0.05) is 36.4 Å². The summed E-state index contributed by atoms with van der Waals surface area (Å²) in [6.07, 6.45) is 1.58. The summed E-state index contributed by atoms with van der Waals surface area (Å²) in [5.74, 6) is 1.58. The van der Waals surface area contributed by atoms with Crippen LogP contribution in [-0.4, -0.2) is 31.9 Å². The van der Waals surface area contributed by atoms with E-state index in [1.807, 2.05) is 68.4 Å². The van der Waals surface area contributed by atoms with Gasteiger partial charge in [0.2, 0.25) is 0 Å². The first kappa shape index (κ1) is 20.2. The fourth-order valence-corrected chi connectivity index (χ4v) is 2.79. The number of hydrogen-bond donors (Lipinski definition) is 1. The lowest BCUT2D eigenvalue weighted by Crippen LogP contribution is -2.24. The minimum absolute atomic E-state index is 0.0458. The van der Waals surface area contributed by atoms with Gasteiger partial charge in [0.25, 0.3) is 5.91 Å². The predicted octanol–water partition coefficient (Wildman–Crippen LogP) is 4.16. The SMILES string of the molecule is COc1cc(/C=N/NC(=O)COc2cccc3ccccc23)ccc1OC(C)C. The van der Waals surface area contributed by atoms with E-state index in [9.17, 15) is 4.79 Å². The van der Waals surface area contributed by atoms with Crippen molar-refractivity contribution in [2.45, 2.75) is 20.0 Å². The number of carbonyl (C=O) groups is 1. The van der Waals surface area contributed by atoms with Crippen LogP contribution >= 0.6 is 0 Å². The Labute approximate surface area is 170 Å². The van der Waals surface area contributed by atoms with Gasteiger partial charge >= 0.3 is 0 Å². The third-order valence-electron chi connectivity index (χ3n) is 4.06. The molecule has 3 rings (SSSR count). The molecule has 1 amide bonds. The normalized spacial score (nSPS) is 11.0. The molecule has 0 aliphatic heterocycles. The van der Waals surface area contributed by atoms with E-state index in [4.69, 9.17) is 14.2 Å². The van der Waals surface area contributed by atoms with Crippen LogP contribution in [0.3, 0.4) is 0 Å². The largest absolute Gasteiger partial charge is 0.493 e. The zero-order valence-electron chi connectivity index (χ0n) is 16.7. The van der Waals surface area contributed by atoms with E-state index in [1.54, 1.807) is 13.2 Å². The quantitative estimate of drug-likeness (QED) is 0.462. The van der Waals surface area contributed by atoms with Gasteiger partial charge in [-0.2, -0.15) is 5.10 Å². The standard InChI is InChI=1S/C23H24N2O4/c1-16(2)29-21-12-11-17(13-22(21)27-3)14-24-25-23(26)15-28-20-10-6-8-18-7-4-5-9-19(18)20/h4-14,16H,15H2,1-3H3,(H,25,26)/b24-14+. The average molecular weight is 392 g/mol. The van der Waals surface area contributed by atoms with Crippen molar-refractivity contribution < 1.29 is 19.0 Å². The second kappa shape index (κ2) is 9.59. The number of benzene rings is 3. The lowest BCUT2D eigenvalue weighted by Gasteiger charge is -2.13. The van der Waals surface area contributed by atoms with Gasteiger partial charge in [-0.3, -0.25) is 4.79 Å². The van der Waals surface area contributed by atoms with Crippen molar-refractivity contribution in [2.24, 2.45) is 5.10 Å². The minimum atomic E-state index is -0.346. The molecular formula is C23H24N2O4. The Kier molecular flexibility index (Phi) is 6.68. The van der Waals surface area contributed by atoms with Crippen molar-refractivity contribution in [1.29, 1.82) is 0 Å². The monoisotopic (exact) mass is 392 g/mol. The number of nitrogens with one attached hydrogen (secondary N) is 1. The van der Waals surface area contributed by atoms with Crippen LogP contribution in [-0.2, 0) is 4.79 Å². The number of fused-ring (bicyclic) bond motifs is 1. The number of hydrazone groups is 1. The third kappa shape index (κ3) is 5.48. The van der Waals surface area contributed by atoms with E-state index in [1.165, 1.54) is 6.21 Å². The fourth-order valence-electron chi connectivity index (χ4n) is 2.79. The lowest BCUT2D eigenvalue weighted by atomic mass is 10.1. The van der Waals surface area contributed by atoms with Crippen molar-refractivity contribution in [3.05, 3.63) is 66.2 Å². The molecule has 0 saturated carbocycles. The van der Waals surface area contributed by atoms with Crippen LogP contribution in [0.1, 0.15) is 19.4 Å². The summed E-state index contributed by atoms with van der Waals surface area (Å²) in [5.41, 5.74) is 3.24. The maximum absolute atomic E-state index is 12.0. The van der Waals surface area contributed by atoms with Crippen LogP contribution in [0.25, 0.3) is 10.8 Å². The van der Waals surface area contributed by atoms with Gasteiger partial charge in [0.1, 0.15) is 5.75 Å². The summed E-state index contributed by atoms with van der Waals surface area (Å²) in [4.78, 5) is 12.0. The molecule has 0 unspecified atom stereocenters. The molecule has 0 saturated heterocycles. The lowest BCUT2D eigenvalue weighted by molar-refractivity contribution is -0.123. The van der Waals surface area contributed by atoms with Gasteiger partial charge in [-0.05, 0) is 49.1 Å². The maximum atomic E-state index is 12.0. The zero-order valence-corrected chi connectivity index (χ0v) is 16.7. The number of methoxy groups -OCH3 is 1. The van der Waals surface area contributed by atoms with Gasteiger partial charge in [0.15, 0.2) is 18.1 Å². The van der Waals surface area contributed by atoms with Crippen molar-refractivity contribution in [3.8, 4) is 17.2 Å². The Morgan fingerprint density at radius 3 is 2.62 bits per heavy atom. The molecule has 29 heavy (non-hydrogen) atoms. The second-order valence-electron chi connectivity index (χ2n) is 6.64. The highest BCUT2D eigenvalue weighted by Gasteiger charge is 2.07. The van der Waals surface area contributed by atoms with Gasteiger partial charge in [-0.15, -0.1) is 0 Å². The number of hydrogen-bond acceptors (Lipinski definition) is 5. The van der Waals surface area contributed by atoms with Crippen molar-refractivity contribution in [3.63, 3.8) is 0 Å². The molecular weight excluding hydrogens is 368 g/mol. The van der Waals surface area contributed by atoms with E-state index < -0.39 is 0 Å². The summed E-state index contributed by atoms with van der Waals surface area (Å²) in [6.45, 7) is 3.77. The first-order chi connectivity index (χ1) is 14.1. The minimum Gasteiger partial charge on any atom is -0.493 e. The molecule has 0 aliphatic carbocycles. The average Bonchev–Trinajstić information content (AvgIpc) is 2.72. The van der Waals surface area contributed by atoms with Crippen LogP contribution in [0.15, 0.2) is 65.8 Å². The maximum Gasteiger partial charge on any atom is 0.277 e. The highest BCUT2D eigenvalue weighted by Crippen LogP contribution is 2.28. The Balaban J connectivity index is 1.57. The molecule has 0 bridgehead atoms. The molecule has 0 atom stereocenters. The molecule has 150 valence electrons. The van der Waals surface area contributed by atoms with Crippen molar-refractivity contribution >= 4 is 22.9 Å². The number of rotatable bonds is 8. The molecule has 3 aromatic carbocycles. The third-order valence-corrected chi connectivity index (χ3v) is 4.06. The molecule has 0 fully saturated rings. The van der Waals surface area contributed by atoms with Gasteiger partial charge in [0.05, 0.1) is 19.4 Å². The van der Waals surface area contributed by atoms with Crippen LogP contribution < -0.4 is 19.6 Å². The van der Waals surface area contributed by atoms with Gasteiger partial charge in [-0.25, -0.2) is 5.43 Å². The van der Waals surface area contributed by atoms with Crippen LogP contribution in [0.4, 0.5) is 0 Å². The van der Waals surface area contributed by atoms with E-state index in [2.05, 4.69) is 10.5 Å². The predicted molar refractivity (Wildman–Crippen MR) is 114 cm³/mol. The van der Waals surface area contributed by atoms with E-state index in [0.29, 0.717) is 17.2 Å². The second-order valence-corrected chi connectivity index (χ2v) is 6.64. The Hall–Kier alpha value is -3.54. The first-order valence-electron chi connectivity index (χ1n) is 9.34. The van der Waals surface area contributed by atoms with Crippen molar-refractivity contribution in [1.82, 2.24) is 5.43 Å². The molecule has 1 N–H and O–H groups in total. The van der Waals surface area contributed by atoms with E-state index in [0.717, 1.165) is 16.3 Å². The first-order valence-corrected chi connectivity index (χ1v) is 9.34. The number of ether oxygens (including phenoxy) is 3. The number of nitrogens with zero attached hydrogens (tertiary/aromatic N) is 1. The summed E-state index contributed by atoms with van der Waals surface area (Å²) in [6, 6.07) is 19.0. The van der Waals surface area contributed by atoms with Crippen LogP contribution in [0.2, 0.25) is 0 Å². The topological polar surface area (TPSA) is 69.2 Å². The molecule has 0 spiro atoms. The van der Waals surface area contributed by atoms with Crippen molar-refractivity contribution in [2.75, 3.05) is 13.7 Å². The molecule has 0 aliphatic rings. The zero-order chi connectivity index (χ0) is 20.6. The molecule has 6 nitrogen and oxygen atoms in total. The van der Waals surface area contributed by atoms with E-state index in [-0.39, 0.29) is 18.6 Å². The molecule has 0 radical (unpaired) electrons. The molecule has 0 heterocycles. The van der Waals surface area contributed by atoms with Gasteiger partial charge in [0, 0.05) is 5.39 Å². The summed E-state index contributed by atoms with van der Waals surface area (Å²) >= 11 is 0. The molecule has 3 aromatic rings. The Morgan fingerprint density at radius 1 is 1.03 bits per heavy atom. The fraction of sp³-hybridized carbons (Fsp3) is 0.217. The Morgan fingerprint density at radius 2 is 1.83 bits per heavy atom. The molecule has 6 heteroatoms. The van der Waals surface area contributed by atoms with Crippen LogP contribution in [0, 0.1) is 0 Å².